The Morgan fingerprint density at radius 3 is 2.60 bits per heavy atom. The van der Waals surface area contributed by atoms with Crippen molar-refractivity contribution in [1.29, 1.82) is 0 Å². The van der Waals surface area contributed by atoms with Crippen molar-refractivity contribution in [3.8, 4) is 0 Å². The maximum Gasteiger partial charge on any atom is 0.248 e. The number of aryl methyl sites for hydroxylation is 2. The number of nitrogens with zero attached hydrogens (tertiary/aromatic N) is 2. The molecule has 0 spiro atoms. The van der Waals surface area contributed by atoms with Crippen LogP contribution in [0.1, 0.15) is 31.5 Å². The van der Waals surface area contributed by atoms with Crippen LogP contribution >= 0.6 is 0 Å². The van der Waals surface area contributed by atoms with Crippen LogP contribution in [-0.4, -0.2) is 9.49 Å². The summed E-state index contributed by atoms with van der Waals surface area (Å²) in [6, 6.07) is 8.06. The monoisotopic (exact) mass is 272 g/mol. The first-order valence-corrected chi connectivity index (χ1v) is 6.80. The van der Waals surface area contributed by atoms with Crippen LogP contribution < -0.4 is 0 Å². The van der Waals surface area contributed by atoms with E-state index in [0.29, 0.717) is 6.42 Å². The van der Waals surface area contributed by atoms with Gasteiger partial charge in [-0.2, -0.15) is 0 Å². The number of rotatable bonds is 4. The first kappa shape index (κ1) is 14.3. The van der Waals surface area contributed by atoms with Gasteiger partial charge in [0.25, 0.3) is 0 Å². The van der Waals surface area contributed by atoms with E-state index in [1.165, 1.54) is 0 Å². The highest BCUT2D eigenvalue weighted by Gasteiger charge is 2.17. The minimum absolute atomic E-state index is 0.265. The molecule has 0 aliphatic rings. The lowest BCUT2D eigenvalue weighted by Gasteiger charge is -2.04. The van der Waals surface area contributed by atoms with Crippen LogP contribution in [0.5, 0.6) is 0 Å². The molecule has 0 atom stereocenters. The molecule has 0 bridgehead atoms. The van der Waals surface area contributed by atoms with Gasteiger partial charge in [-0.25, -0.2) is 0 Å². The molecule has 0 N–H and O–H groups in total. The standard InChI is InChI=1S/C16H20N2O2/c1-11(2)9-13(18(19)20)10-16-12(3)14-7-5-6-8-15(14)17(16)4/h5-8,10-11H,9H2,1-4H3/b13-10-. The average Bonchev–Trinajstić information content (AvgIpc) is 2.63. The molecule has 0 unspecified atom stereocenters. The summed E-state index contributed by atoms with van der Waals surface area (Å²) < 4.78 is 2.02. The van der Waals surface area contributed by atoms with Crippen molar-refractivity contribution in [3.63, 3.8) is 0 Å². The maximum absolute atomic E-state index is 11.2. The molecule has 1 aromatic carbocycles. The minimum atomic E-state index is -0.267. The lowest BCUT2D eigenvalue weighted by Crippen LogP contribution is -2.04. The van der Waals surface area contributed by atoms with Crippen molar-refractivity contribution in [2.24, 2.45) is 13.0 Å². The number of allylic oxidation sites excluding steroid dienone is 1. The van der Waals surface area contributed by atoms with E-state index in [4.69, 9.17) is 0 Å². The van der Waals surface area contributed by atoms with Crippen molar-refractivity contribution in [2.45, 2.75) is 27.2 Å². The lowest BCUT2D eigenvalue weighted by atomic mass is 10.1. The zero-order valence-corrected chi connectivity index (χ0v) is 12.4. The Labute approximate surface area is 118 Å². The molecule has 0 aliphatic heterocycles. The molecular weight excluding hydrogens is 252 g/mol. The van der Waals surface area contributed by atoms with E-state index in [-0.39, 0.29) is 16.5 Å². The quantitative estimate of drug-likeness (QED) is 0.620. The smallest absolute Gasteiger partial charge is 0.248 e. The Morgan fingerprint density at radius 2 is 2.05 bits per heavy atom. The van der Waals surface area contributed by atoms with E-state index in [1.54, 1.807) is 6.08 Å². The van der Waals surface area contributed by atoms with E-state index in [9.17, 15) is 10.1 Å². The van der Waals surface area contributed by atoms with E-state index >= 15 is 0 Å². The Hall–Kier alpha value is -2.10. The second kappa shape index (κ2) is 5.49. The highest BCUT2D eigenvalue weighted by atomic mass is 16.6. The zero-order chi connectivity index (χ0) is 14.9. The molecule has 4 heteroatoms. The fourth-order valence-corrected chi connectivity index (χ4v) is 2.57. The Morgan fingerprint density at radius 1 is 1.40 bits per heavy atom. The molecule has 0 fully saturated rings. The van der Waals surface area contributed by atoms with Crippen LogP contribution in [-0.2, 0) is 7.05 Å². The first-order chi connectivity index (χ1) is 9.41. The number of nitro groups is 1. The maximum atomic E-state index is 11.2. The molecule has 20 heavy (non-hydrogen) atoms. The van der Waals surface area contributed by atoms with Crippen molar-refractivity contribution in [3.05, 3.63) is 51.3 Å². The second-order valence-electron chi connectivity index (χ2n) is 5.58. The number of aromatic nitrogens is 1. The third-order valence-electron chi connectivity index (χ3n) is 3.57. The number of para-hydroxylation sites is 1. The Kier molecular flexibility index (Phi) is 3.93. The molecule has 1 heterocycles. The summed E-state index contributed by atoms with van der Waals surface area (Å²) in [7, 11) is 1.95. The van der Waals surface area contributed by atoms with Crippen LogP contribution in [0.25, 0.3) is 17.0 Å². The third kappa shape index (κ3) is 2.59. The summed E-state index contributed by atoms with van der Waals surface area (Å²) in [6.45, 7) is 6.00. The van der Waals surface area contributed by atoms with Gasteiger partial charge >= 0.3 is 0 Å². The predicted octanol–water partition coefficient (Wildman–Crippen LogP) is 4.15. The van der Waals surface area contributed by atoms with Gasteiger partial charge in [0, 0.05) is 30.4 Å². The van der Waals surface area contributed by atoms with Gasteiger partial charge in [-0.3, -0.25) is 10.1 Å². The Balaban J connectivity index is 2.59. The fraction of sp³-hybridized carbons (Fsp3) is 0.375. The van der Waals surface area contributed by atoms with Crippen molar-refractivity contribution in [2.75, 3.05) is 0 Å². The number of hydrogen-bond acceptors (Lipinski definition) is 2. The summed E-state index contributed by atoms with van der Waals surface area (Å²) in [5, 5.41) is 12.4. The van der Waals surface area contributed by atoms with Crippen LogP contribution in [0.4, 0.5) is 0 Å². The number of benzene rings is 1. The molecule has 1 aromatic heterocycles. The molecule has 4 nitrogen and oxygen atoms in total. The van der Waals surface area contributed by atoms with Gasteiger partial charge in [0.15, 0.2) is 0 Å². The molecule has 0 radical (unpaired) electrons. The third-order valence-corrected chi connectivity index (χ3v) is 3.57. The van der Waals surface area contributed by atoms with Gasteiger partial charge in [-0.05, 0) is 24.5 Å². The normalized spacial score (nSPS) is 12.3. The largest absolute Gasteiger partial charge is 0.344 e. The van der Waals surface area contributed by atoms with Crippen LogP contribution in [0.3, 0.4) is 0 Å². The summed E-state index contributed by atoms with van der Waals surface area (Å²) in [5.41, 5.74) is 3.38. The van der Waals surface area contributed by atoms with Crippen LogP contribution in [0.2, 0.25) is 0 Å². The van der Waals surface area contributed by atoms with Gasteiger partial charge in [0.2, 0.25) is 5.70 Å². The van der Waals surface area contributed by atoms with Crippen molar-refractivity contribution >= 4 is 17.0 Å². The molecule has 0 saturated heterocycles. The van der Waals surface area contributed by atoms with Crippen molar-refractivity contribution in [1.82, 2.24) is 4.57 Å². The van der Waals surface area contributed by atoms with Gasteiger partial charge < -0.3 is 4.57 Å². The lowest BCUT2D eigenvalue weighted by molar-refractivity contribution is -0.427. The molecule has 0 amide bonds. The fourth-order valence-electron chi connectivity index (χ4n) is 2.57. The van der Waals surface area contributed by atoms with Gasteiger partial charge in [-0.15, -0.1) is 0 Å². The summed E-state index contributed by atoms with van der Waals surface area (Å²) in [4.78, 5) is 10.9. The summed E-state index contributed by atoms with van der Waals surface area (Å²) in [6.07, 6.45) is 2.20. The van der Waals surface area contributed by atoms with E-state index in [0.717, 1.165) is 22.2 Å². The highest BCUT2D eigenvalue weighted by molar-refractivity contribution is 5.87. The topological polar surface area (TPSA) is 48.1 Å². The average molecular weight is 272 g/mol. The highest BCUT2D eigenvalue weighted by Crippen LogP contribution is 2.27. The summed E-state index contributed by atoms with van der Waals surface area (Å²) in [5.74, 6) is 0.265. The SMILES string of the molecule is Cc1c(/C=C(/CC(C)C)[N+](=O)[O-])n(C)c2ccccc12. The summed E-state index contributed by atoms with van der Waals surface area (Å²) >= 11 is 0. The first-order valence-electron chi connectivity index (χ1n) is 6.80. The van der Waals surface area contributed by atoms with Gasteiger partial charge in [-0.1, -0.05) is 32.0 Å². The predicted molar refractivity (Wildman–Crippen MR) is 82.1 cm³/mol. The molecule has 0 saturated carbocycles. The van der Waals surface area contributed by atoms with E-state index in [1.807, 2.05) is 50.6 Å². The molecule has 106 valence electrons. The zero-order valence-electron chi connectivity index (χ0n) is 12.4. The van der Waals surface area contributed by atoms with E-state index < -0.39 is 0 Å². The second-order valence-corrected chi connectivity index (χ2v) is 5.58. The number of hydrogen-bond donors (Lipinski definition) is 0. The minimum Gasteiger partial charge on any atom is -0.344 e. The van der Waals surface area contributed by atoms with Gasteiger partial charge in [0.05, 0.1) is 10.6 Å². The van der Waals surface area contributed by atoms with Crippen molar-refractivity contribution < 1.29 is 4.92 Å². The van der Waals surface area contributed by atoms with Crippen LogP contribution in [0.15, 0.2) is 30.0 Å². The molecule has 2 aromatic rings. The van der Waals surface area contributed by atoms with Crippen LogP contribution in [0, 0.1) is 23.0 Å². The van der Waals surface area contributed by atoms with E-state index in [2.05, 4.69) is 6.07 Å². The number of fused-ring (bicyclic) bond motifs is 1. The Bertz CT molecular complexity index is 642. The molecular formula is C16H20N2O2. The molecule has 0 aliphatic carbocycles. The van der Waals surface area contributed by atoms with Gasteiger partial charge in [0.1, 0.15) is 0 Å². The molecule has 2 rings (SSSR count).